The van der Waals surface area contributed by atoms with E-state index < -0.39 is 11.9 Å². The average molecular weight is 518 g/mol. The summed E-state index contributed by atoms with van der Waals surface area (Å²) < 4.78 is 0. The van der Waals surface area contributed by atoms with Crippen LogP contribution in [-0.4, -0.2) is 32.1 Å². The van der Waals surface area contributed by atoms with E-state index in [-0.39, 0.29) is 39.7 Å². The van der Waals surface area contributed by atoms with Crippen LogP contribution < -0.4 is 10.2 Å². The van der Waals surface area contributed by atoms with Crippen molar-refractivity contribution in [1.82, 2.24) is 9.97 Å². The number of phenols is 2. The third-order valence-electron chi connectivity index (χ3n) is 4.60. The molecule has 0 spiro atoms. The number of carboxylic acids is 2. The molecule has 0 bridgehead atoms. The van der Waals surface area contributed by atoms with Crippen molar-refractivity contribution in [2.45, 2.75) is 0 Å². The molecule has 0 unspecified atom stereocenters. The predicted octanol–water partition coefficient (Wildman–Crippen LogP) is 2.29. The van der Waals surface area contributed by atoms with Crippen molar-refractivity contribution in [2.24, 2.45) is 0 Å². The number of para-hydroxylation sites is 2. The van der Waals surface area contributed by atoms with E-state index in [9.17, 15) is 19.8 Å². The van der Waals surface area contributed by atoms with Crippen LogP contribution in [0.4, 0.5) is 0 Å². The SMILES string of the molecule is O=C([O-])c1ccccc1O.O=C([O-])c1ccccc1O.[Cu+2].c1cnc2c(c1)ccc1ncccc12. The minimum Gasteiger partial charge on any atom is -0.545 e. The summed E-state index contributed by atoms with van der Waals surface area (Å²) in [5, 5.41) is 40.3. The molecule has 1 radical (unpaired) electrons. The van der Waals surface area contributed by atoms with E-state index in [2.05, 4.69) is 28.2 Å². The largest absolute Gasteiger partial charge is 2.00 e. The van der Waals surface area contributed by atoms with E-state index in [1.54, 1.807) is 18.3 Å². The molecule has 0 amide bonds. The Hall–Kier alpha value is -4.46. The Labute approximate surface area is 210 Å². The Morgan fingerprint density at radius 2 is 1.14 bits per heavy atom. The van der Waals surface area contributed by atoms with Gasteiger partial charge in [0.15, 0.2) is 0 Å². The molecule has 8 nitrogen and oxygen atoms in total. The number of carboxylic acid groups (broad SMARTS) is 2. The molecule has 179 valence electrons. The monoisotopic (exact) mass is 517 g/mol. The fourth-order valence-corrected chi connectivity index (χ4v) is 2.99. The number of hydrogen-bond donors (Lipinski definition) is 2. The molecule has 2 heterocycles. The number of carbonyl (C=O) groups excluding carboxylic acids is 2. The van der Waals surface area contributed by atoms with Gasteiger partial charge in [0.1, 0.15) is 11.5 Å². The van der Waals surface area contributed by atoms with Gasteiger partial charge >= 0.3 is 17.1 Å². The van der Waals surface area contributed by atoms with Gasteiger partial charge < -0.3 is 30.0 Å². The van der Waals surface area contributed by atoms with Crippen molar-refractivity contribution >= 4 is 33.7 Å². The number of aromatic hydroxyl groups is 2. The molecular weight excluding hydrogens is 500 g/mol. The number of hydrogen-bond acceptors (Lipinski definition) is 8. The first kappa shape index (κ1) is 26.8. The third-order valence-corrected chi connectivity index (χ3v) is 4.60. The molecule has 5 aromatic rings. The molecule has 5 rings (SSSR count). The second-order valence-corrected chi connectivity index (χ2v) is 6.82. The number of aromatic carboxylic acids is 2. The van der Waals surface area contributed by atoms with Crippen LogP contribution in [0.25, 0.3) is 21.8 Å². The number of rotatable bonds is 2. The van der Waals surface area contributed by atoms with Gasteiger partial charge in [-0.15, -0.1) is 0 Å². The molecular formula is C26H18CuN2O6. The fraction of sp³-hybridized carbons (Fsp3) is 0. The van der Waals surface area contributed by atoms with Crippen molar-refractivity contribution in [2.75, 3.05) is 0 Å². The van der Waals surface area contributed by atoms with Gasteiger partial charge in [0.05, 0.1) is 23.0 Å². The maximum Gasteiger partial charge on any atom is 2.00 e. The molecule has 2 N–H and O–H groups in total. The number of aromatic nitrogens is 2. The number of nitrogens with zero attached hydrogens (tertiary/aromatic N) is 2. The summed E-state index contributed by atoms with van der Waals surface area (Å²) in [6.45, 7) is 0. The normalized spacial score (nSPS) is 9.60. The standard InChI is InChI=1S/C12H8N2.2C7H6O3.Cu/c1-3-9-5-6-11-10(4-2-7-13-11)12(9)14-8-1;2*8-6-4-2-1-3-5(6)7(9)10;/h1-8H;2*1-4,8H,(H,9,10);/q;;;+2/p-2. The Morgan fingerprint density at radius 1 is 0.629 bits per heavy atom. The Balaban J connectivity index is 0.000000187. The molecule has 35 heavy (non-hydrogen) atoms. The zero-order valence-corrected chi connectivity index (χ0v) is 18.9. The second-order valence-electron chi connectivity index (χ2n) is 6.82. The van der Waals surface area contributed by atoms with Crippen molar-refractivity contribution in [1.29, 1.82) is 0 Å². The summed E-state index contributed by atoms with van der Waals surface area (Å²) in [6.07, 6.45) is 3.62. The van der Waals surface area contributed by atoms with Crippen LogP contribution in [0.2, 0.25) is 0 Å². The molecule has 9 heteroatoms. The topological polar surface area (TPSA) is 146 Å². The summed E-state index contributed by atoms with van der Waals surface area (Å²) in [4.78, 5) is 29.0. The van der Waals surface area contributed by atoms with Crippen LogP contribution in [0.3, 0.4) is 0 Å². The summed E-state index contributed by atoms with van der Waals surface area (Å²) in [7, 11) is 0. The van der Waals surface area contributed by atoms with Crippen LogP contribution in [0.5, 0.6) is 11.5 Å². The van der Waals surface area contributed by atoms with E-state index in [1.165, 1.54) is 36.4 Å². The quantitative estimate of drug-likeness (QED) is 0.268. The van der Waals surface area contributed by atoms with E-state index in [1.807, 2.05) is 24.4 Å². The van der Waals surface area contributed by atoms with Gasteiger partial charge in [-0.05, 0) is 48.5 Å². The summed E-state index contributed by atoms with van der Waals surface area (Å²) >= 11 is 0. The molecule has 0 fully saturated rings. The molecule has 0 saturated carbocycles. The van der Waals surface area contributed by atoms with Crippen LogP contribution in [0, 0.1) is 0 Å². The van der Waals surface area contributed by atoms with E-state index in [0.717, 1.165) is 21.8 Å². The Morgan fingerprint density at radius 3 is 1.66 bits per heavy atom. The Bertz CT molecular complexity index is 1350. The van der Waals surface area contributed by atoms with Gasteiger partial charge in [0, 0.05) is 34.3 Å². The van der Waals surface area contributed by atoms with Gasteiger partial charge in [0.2, 0.25) is 0 Å². The van der Waals surface area contributed by atoms with E-state index in [4.69, 9.17) is 10.2 Å². The number of pyridine rings is 2. The minimum atomic E-state index is -1.36. The molecule has 2 aromatic heterocycles. The molecule has 0 aliphatic rings. The maximum absolute atomic E-state index is 10.2. The molecule has 0 aliphatic carbocycles. The van der Waals surface area contributed by atoms with Gasteiger partial charge in [-0.2, -0.15) is 0 Å². The molecule has 0 aliphatic heterocycles. The minimum absolute atomic E-state index is 0. The van der Waals surface area contributed by atoms with Crippen molar-refractivity contribution in [3.05, 3.63) is 108 Å². The number of benzene rings is 3. The predicted molar refractivity (Wildman–Crippen MR) is 122 cm³/mol. The first-order chi connectivity index (χ1) is 16.4. The molecule has 3 aromatic carbocycles. The number of fused-ring (bicyclic) bond motifs is 3. The zero-order chi connectivity index (χ0) is 24.5. The van der Waals surface area contributed by atoms with Crippen LogP contribution in [0.1, 0.15) is 20.7 Å². The van der Waals surface area contributed by atoms with Crippen LogP contribution >= 0.6 is 0 Å². The zero-order valence-electron chi connectivity index (χ0n) is 18.0. The van der Waals surface area contributed by atoms with Crippen molar-refractivity contribution in [3.63, 3.8) is 0 Å². The fourth-order valence-electron chi connectivity index (χ4n) is 2.99. The number of carbonyl (C=O) groups is 2. The van der Waals surface area contributed by atoms with Crippen LogP contribution in [-0.2, 0) is 17.1 Å². The smallest absolute Gasteiger partial charge is 0.545 e. The third kappa shape index (κ3) is 7.01. The van der Waals surface area contributed by atoms with Gasteiger partial charge in [-0.1, -0.05) is 36.4 Å². The summed E-state index contributed by atoms with van der Waals surface area (Å²) in [5.74, 6) is -3.25. The van der Waals surface area contributed by atoms with E-state index >= 15 is 0 Å². The van der Waals surface area contributed by atoms with Crippen molar-refractivity contribution in [3.8, 4) is 11.5 Å². The summed E-state index contributed by atoms with van der Waals surface area (Å²) in [5.41, 5.74) is 1.67. The molecule has 0 saturated heterocycles. The Kier molecular flexibility index (Phi) is 9.71. The van der Waals surface area contributed by atoms with Crippen molar-refractivity contribution < 1.29 is 47.1 Å². The molecule has 0 atom stereocenters. The first-order valence-electron chi connectivity index (χ1n) is 9.95. The summed E-state index contributed by atoms with van der Waals surface area (Å²) in [6, 6.07) is 23.4. The van der Waals surface area contributed by atoms with Gasteiger partial charge in [0.25, 0.3) is 0 Å². The van der Waals surface area contributed by atoms with Crippen LogP contribution in [0.15, 0.2) is 97.3 Å². The van der Waals surface area contributed by atoms with E-state index in [0.29, 0.717) is 0 Å². The first-order valence-corrected chi connectivity index (χ1v) is 9.95. The van der Waals surface area contributed by atoms with Gasteiger partial charge in [-0.25, -0.2) is 0 Å². The second kappa shape index (κ2) is 12.7. The maximum atomic E-state index is 10.2. The van der Waals surface area contributed by atoms with Gasteiger partial charge in [-0.3, -0.25) is 9.97 Å². The average Bonchev–Trinajstić information content (AvgIpc) is 2.85.